The minimum atomic E-state index is 0.0666. The van der Waals surface area contributed by atoms with Gasteiger partial charge in [0.05, 0.1) is 6.61 Å². The largest absolute Gasteiger partial charge is 0.359 e. The van der Waals surface area contributed by atoms with Gasteiger partial charge in [0, 0.05) is 6.04 Å². The van der Waals surface area contributed by atoms with Crippen LogP contribution in [-0.4, -0.2) is 18.4 Å². The van der Waals surface area contributed by atoms with Crippen LogP contribution in [-0.2, 0) is 4.74 Å². The predicted molar refractivity (Wildman–Crippen MR) is 48.9 cm³/mol. The van der Waals surface area contributed by atoms with Gasteiger partial charge in [0.2, 0.25) is 0 Å². The fraction of sp³-hybridized carbons (Fsp3) is 1.00. The molecule has 0 bridgehead atoms. The van der Waals surface area contributed by atoms with Crippen molar-refractivity contribution in [3.05, 3.63) is 0 Å². The number of rotatable bonds is 0. The molecule has 0 radical (unpaired) electrons. The highest BCUT2D eigenvalue weighted by molar-refractivity contribution is 4.91. The molecule has 2 rings (SSSR count). The van der Waals surface area contributed by atoms with Crippen molar-refractivity contribution in [2.75, 3.05) is 6.61 Å². The van der Waals surface area contributed by atoms with Gasteiger partial charge >= 0.3 is 0 Å². The van der Waals surface area contributed by atoms with Crippen LogP contribution in [0.3, 0.4) is 0 Å². The molecule has 1 spiro atoms. The van der Waals surface area contributed by atoms with Crippen molar-refractivity contribution in [3.63, 3.8) is 0 Å². The lowest BCUT2D eigenvalue weighted by Gasteiger charge is -2.36. The second-order valence-corrected chi connectivity index (χ2v) is 4.55. The van der Waals surface area contributed by atoms with E-state index in [0.717, 1.165) is 12.5 Å². The molecule has 2 fully saturated rings. The molecule has 3 atom stereocenters. The van der Waals surface area contributed by atoms with Crippen LogP contribution in [0.5, 0.6) is 0 Å². The van der Waals surface area contributed by atoms with E-state index in [0.29, 0.717) is 6.04 Å². The van der Waals surface area contributed by atoms with Crippen molar-refractivity contribution in [2.24, 2.45) is 5.92 Å². The molecule has 1 heterocycles. The Kier molecular flexibility index (Phi) is 2.13. The van der Waals surface area contributed by atoms with Crippen LogP contribution in [0.2, 0.25) is 0 Å². The molecule has 70 valence electrons. The van der Waals surface area contributed by atoms with E-state index >= 15 is 0 Å². The SMILES string of the molecule is C[C@H]1CCC[C@]2(C1)N[C@H](C)CO2. The average Bonchev–Trinajstić information content (AvgIpc) is 2.32. The molecule has 1 N–H and O–H groups in total. The molecule has 2 nitrogen and oxygen atoms in total. The van der Waals surface area contributed by atoms with E-state index in [9.17, 15) is 0 Å². The van der Waals surface area contributed by atoms with E-state index in [-0.39, 0.29) is 5.72 Å². The smallest absolute Gasteiger partial charge is 0.119 e. The topological polar surface area (TPSA) is 21.3 Å². The van der Waals surface area contributed by atoms with Crippen molar-refractivity contribution in [2.45, 2.75) is 51.3 Å². The maximum atomic E-state index is 5.85. The Bertz CT molecular complexity index is 167. The van der Waals surface area contributed by atoms with Gasteiger partial charge in [0.25, 0.3) is 0 Å². The Morgan fingerprint density at radius 2 is 2.25 bits per heavy atom. The molecule has 0 aromatic heterocycles. The Labute approximate surface area is 74.7 Å². The Morgan fingerprint density at radius 1 is 1.42 bits per heavy atom. The van der Waals surface area contributed by atoms with Gasteiger partial charge in [-0.15, -0.1) is 0 Å². The van der Waals surface area contributed by atoms with Crippen molar-refractivity contribution in [1.82, 2.24) is 5.32 Å². The van der Waals surface area contributed by atoms with E-state index in [1.807, 2.05) is 0 Å². The fourth-order valence-electron chi connectivity index (χ4n) is 2.58. The first-order valence-electron chi connectivity index (χ1n) is 5.12. The monoisotopic (exact) mass is 169 g/mol. The van der Waals surface area contributed by atoms with Gasteiger partial charge in [-0.1, -0.05) is 13.3 Å². The molecule has 0 aromatic rings. The van der Waals surface area contributed by atoms with Crippen LogP contribution < -0.4 is 5.32 Å². The summed E-state index contributed by atoms with van der Waals surface area (Å²) in [5.74, 6) is 0.830. The number of ether oxygens (including phenoxy) is 1. The molecule has 1 saturated heterocycles. The van der Waals surface area contributed by atoms with E-state index in [1.54, 1.807) is 0 Å². The van der Waals surface area contributed by atoms with Crippen LogP contribution in [0.4, 0.5) is 0 Å². The molecular weight excluding hydrogens is 150 g/mol. The Hall–Kier alpha value is -0.0800. The van der Waals surface area contributed by atoms with Gasteiger partial charge in [-0.05, 0) is 32.1 Å². The zero-order valence-corrected chi connectivity index (χ0v) is 8.10. The summed E-state index contributed by atoms with van der Waals surface area (Å²) >= 11 is 0. The lowest BCUT2D eigenvalue weighted by atomic mass is 9.84. The summed E-state index contributed by atoms with van der Waals surface area (Å²) in [5.41, 5.74) is 0.0666. The molecule has 0 amide bonds. The van der Waals surface area contributed by atoms with Gasteiger partial charge in [0.1, 0.15) is 5.72 Å². The second kappa shape index (κ2) is 3.00. The summed E-state index contributed by atoms with van der Waals surface area (Å²) in [4.78, 5) is 0. The van der Waals surface area contributed by atoms with E-state index in [2.05, 4.69) is 19.2 Å². The van der Waals surface area contributed by atoms with Gasteiger partial charge in [-0.3, -0.25) is 5.32 Å². The van der Waals surface area contributed by atoms with Crippen molar-refractivity contribution >= 4 is 0 Å². The highest BCUT2D eigenvalue weighted by Crippen LogP contribution is 2.35. The summed E-state index contributed by atoms with van der Waals surface area (Å²) in [6, 6.07) is 0.551. The summed E-state index contributed by atoms with van der Waals surface area (Å²) < 4.78 is 5.85. The van der Waals surface area contributed by atoms with E-state index in [4.69, 9.17) is 4.74 Å². The Balaban J connectivity index is 2.00. The minimum absolute atomic E-state index is 0.0666. The first kappa shape index (κ1) is 8.52. The second-order valence-electron chi connectivity index (χ2n) is 4.55. The summed E-state index contributed by atoms with van der Waals surface area (Å²) in [5, 5.41) is 3.58. The van der Waals surface area contributed by atoms with Gasteiger partial charge in [-0.2, -0.15) is 0 Å². The maximum absolute atomic E-state index is 5.85. The van der Waals surface area contributed by atoms with Gasteiger partial charge in [0.15, 0.2) is 0 Å². The third kappa shape index (κ3) is 1.50. The number of hydrogen-bond donors (Lipinski definition) is 1. The molecule has 1 aliphatic heterocycles. The molecule has 1 aliphatic carbocycles. The first-order valence-corrected chi connectivity index (χ1v) is 5.12. The average molecular weight is 169 g/mol. The molecule has 0 unspecified atom stereocenters. The number of nitrogens with one attached hydrogen (secondary N) is 1. The summed E-state index contributed by atoms with van der Waals surface area (Å²) in [7, 11) is 0. The zero-order valence-electron chi connectivity index (χ0n) is 8.10. The summed E-state index contributed by atoms with van der Waals surface area (Å²) in [6.07, 6.45) is 5.11. The van der Waals surface area contributed by atoms with Crippen molar-refractivity contribution in [1.29, 1.82) is 0 Å². The molecule has 0 aromatic carbocycles. The molecule has 1 saturated carbocycles. The molecule has 12 heavy (non-hydrogen) atoms. The molecule has 2 heteroatoms. The third-order valence-corrected chi connectivity index (χ3v) is 3.07. The van der Waals surface area contributed by atoms with E-state index < -0.39 is 0 Å². The van der Waals surface area contributed by atoms with E-state index in [1.165, 1.54) is 25.7 Å². The Morgan fingerprint density at radius 3 is 2.83 bits per heavy atom. The standard InChI is InChI=1S/C10H19NO/c1-8-4-3-5-10(6-8)11-9(2)7-12-10/h8-9,11H,3-7H2,1-2H3/t8-,9+,10-/m0/s1. The highest BCUT2D eigenvalue weighted by Gasteiger charge is 2.40. The quantitative estimate of drug-likeness (QED) is 0.598. The lowest BCUT2D eigenvalue weighted by Crippen LogP contribution is -2.46. The molecular formula is C10H19NO. The number of hydrogen-bond acceptors (Lipinski definition) is 2. The van der Waals surface area contributed by atoms with Crippen LogP contribution in [0.1, 0.15) is 39.5 Å². The zero-order chi connectivity index (χ0) is 8.60. The van der Waals surface area contributed by atoms with Crippen LogP contribution in [0.25, 0.3) is 0 Å². The molecule has 2 aliphatic rings. The predicted octanol–water partition coefficient (Wildman–Crippen LogP) is 1.90. The third-order valence-electron chi connectivity index (χ3n) is 3.07. The van der Waals surface area contributed by atoms with Gasteiger partial charge < -0.3 is 4.74 Å². The minimum Gasteiger partial charge on any atom is -0.359 e. The van der Waals surface area contributed by atoms with Crippen LogP contribution in [0, 0.1) is 5.92 Å². The van der Waals surface area contributed by atoms with Gasteiger partial charge in [-0.25, -0.2) is 0 Å². The first-order chi connectivity index (χ1) is 5.70. The fourth-order valence-corrected chi connectivity index (χ4v) is 2.58. The highest BCUT2D eigenvalue weighted by atomic mass is 16.5. The van der Waals surface area contributed by atoms with Crippen molar-refractivity contribution in [3.8, 4) is 0 Å². The lowest BCUT2D eigenvalue weighted by molar-refractivity contribution is -0.0516. The summed E-state index contributed by atoms with van der Waals surface area (Å²) in [6.45, 7) is 5.43. The van der Waals surface area contributed by atoms with Crippen LogP contribution >= 0.6 is 0 Å². The maximum Gasteiger partial charge on any atom is 0.119 e. The van der Waals surface area contributed by atoms with Crippen LogP contribution in [0.15, 0.2) is 0 Å². The normalized spacial score (nSPS) is 48.5. The van der Waals surface area contributed by atoms with Crippen molar-refractivity contribution < 1.29 is 4.74 Å².